The van der Waals surface area contributed by atoms with Crippen molar-refractivity contribution in [2.75, 3.05) is 13.1 Å². The number of aliphatic hydroxyl groups is 1. The molecule has 1 aromatic carbocycles. The number of carbonyl (C=O) groups excluding carboxylic acids is 1. The van der Waals surface area contributed by atoms with Gasteiger partial charge in [-0.25, -0.2) is 4.98 Å². The number of likely N-dealkylation sites (tertiary alicyclic amines) is 1. The molecule has 0 bridgehead atoms. The van der Waals surface area contributed by atoms with Gasteiger partial charge in [0.2, 0.25) is 5.91 Å². The third kappa shape index (κ3) is 4.82. The van der Waals surface area contributed by atoms with Gasteiger partial charge in [0.25, 0.3) is 5.56 Å². The van der Waals surface area contributed by atoms with E-state index < -0.39 is 5.60 Å². The Bertz CT molecular complexity index is 1350. The molecule has 1 aliphatic heterocycles. The lowest BCUT2D eigenvalue weighted by atomic mass is 9.89. The minimum atomic E-state index is -1.06. The van der Waals surface area contributed by atoms with Crippen LogP contribution in [0.3, 0.4) is 0 Å². The van der Waals surface area contributed by atoms with Gasteiger partial charge >= 0.3 is 0 Å². The normalized spacial score (nSPS) is 19.6. The minimum Gasteiger partial charge on any atom is -0.388 e. The summed E-state index contributed by atoms with van der Waals surface area (Å²) in [6.07, 6.45) is 8.17. The minimum absolute atomic E-state index is 0.140. The van der Waals surface area contributed by atoms with Crippen molar-refractivity contribution in [1.29, 1.82) is 0 Å². The smallest absolute Gasteiger partial charge is 0.281 e. The fourth-order valence-electron chi connectivity index (χ4n) is 6.08. The maximum atomic E-state index is 13.3. The van der Waals surface area contributed by atoms with Crippen molar-refractivity contribution in [3.05, 3.63) is 46.5 Å². The Hall–Kier alpha value is -3.04. The average Bonchev–Trinajstić information content (AvgIpc) is 3.82. The molecule has 2 aromatic heterocycles. The van der Waals surface area contributed by atoms with Crippen molar-refractivity contribution in [2.24, 2.45) is 30.5 Å². The molecule has 3 fully saturated rings. The number of piperidine rings is 1. The Morgan fingerprint density at radius 2 is 1.76 bits per heavy atom. The van der Waals surface area contributed by atoms with E-state index in [2.05, 4.69) is 10.1 Å². The number of rotatable bonds is 8. The van der Waals surface area contributed by atoms with Crippen LogP contribution in [0.1, 0.15) is 50.5 Å². The van der Waals surface area contributed by atoms with E-state index in [0.29, 0.717) is 50.3 Å². The molecule has 0 spiro atoms. The predicted octanol–water partition coefficient (Wildman–Crippen LogP) is 2.44. The second kappa shape index (κ2) is 9.36. The van der Waals surface area contributed by atoms with Crippen molar-refractivity contribution in [1.82, 2.24) is 24.2 Å². The van der Waals surface area contributed by atoms with Crippen molar-refractivity contribution >= 4 is 16.9 Å². The fourth-order valence-corrected chi connectivity index (χ4v) is 6.08. The number of nitrogens with zero attached hydrogens (tertiary/aromatic N) is 5. The Labute approximate surface area is 216 Å². The standard InChI is InChI=1S/C28H36N6O3/c1-32-26(21-4-2-18(15-29)3-5-21)24-25(31-32)27(36)34(17-30-24)16-28(37)10-12-33(13-11-28)23(35)14-22(19-6-7-19)20-8-9-20/h2-5,17,19-20,22,37H,6-16,29H2,1H3. The van der Waals surface area contributed by atoms with Gasteiger partial charge in [-0.3, -0.25) is 18.8 Å². The van der Waals surface area contributed by atoms with Gasteiger partial charge in [0.05, 0.1) is 24.2 Å². The molecule has 1 amide bonds. The van der Waals surface area contributed by atoms with Crippen LogP contribution in [0, 0.1) is 17.8 Å². The topological polar surface area (TPSA) is 119 Å². The highest BCUT2D eigenvalue weighted by Crippen LogP contribution is 2.51. The molecule has 37 heavy (non-hydrogen) atoms. The zero-order valence-corrected chi connectivity index (χ0v) is 21.5. The molecule has 9 nitrogen and oxygen atoms in total. The number of benzene rings is 1. The van der Waals surface area contributed by atoms with Gasteiger partial charge in [-0.05, 0) is 61.8 Å². The summed E-state index contributed by atoms with van der Waals surface area (Å²) in [5.41, 5.74) is 7.91. The number of fused-ring (bicyclic) bond motifs is 1. The summed E-state index contributed by atoms with van der Waals surface area (Å²) < 4.78 is 3.14. The lowest BCUT2D eigenvalue weighted by molar-refractivity contribution is -0.137. The Morgan fingerprint density at radius 3 is 2.35 bits per heavy atom. The van der Waals surface area contributed by atoms with Crippen LogP contribution in [0.4, 0.5) is 0 Å². The van der Waals surface area contributed by atoms with E-state index >= 15 is 0 Å². The van der Waals surface area contributed by atoms with Crippen molar-refractivity contribution < 1.29 is 9.90 Å². The molecule has 3 aliphatic rings. The highest BCUT2D eigenvalue weighted by Gasteiger charge is 2.43. The average molecular weight is 505 g/mol. The van der Waals surface area contributed by atoms with Gasteiger partial charge < -0.3 is 15.7 Å². The summed E-state index contributed by atoms with van der Waals surface area (Å²) >= 11 is 0. The van der Waals surface area contributed by atoms with E-state index in [1.54, 1.807) is 11.7 Å². The van der Waals surface area contributed by atoms with Gasteiger partial charge in [-0.2, -0.15) is 5.10 Å². The molecule has 3 heterocycles. The van der Waals surface area contributed by atoms with Gasteiger partial charge in [0.15, 0.2) is 5.52 Å². The van der Waals surface area contributed by atoms with Crippen LogP contribution in [0.15, 0.2) is 35.4 Å². The highest BCUT2D eigenvalue weighted by atomic mass is 16.3. The van der Waals surface area contributed by atoms with Crippen molar-refractivity contribution in [2.45, 2.75) is 63.6 Å². The molecule has 1 saturated heterocycles. The number of amides is 1. The van der Waals surface area contributed by atoms with E-state index in [1.807, 2.05) is 29.2 Å². The molecule has 3 aromatic rings. The fraction of sp³-hybridized carbons (Fsp3) is 0.571. The Morgan fingerprint density at radius 1 is 1.11 bits per heavy atom. The van der Waals surface area contributed by atoms with Crippen LogP contribution in [0.5, 0.6) is 0 Å². The number of hydrogen-bond donors (Lipinski definition) is 2. The van der Waals surface area contributed by atoms with E-state index in [-0.39, 0.29) is 23.5 Å². The number of aromatic nitrogens is 4. The molecule has 0 atom stereocenters. The van der Waals surface area contributed by atoms with E-state index in [1.165, 1.54) is 36.6 Å². The SMILES string of the molecule is Cn1nc2c(=O)n(CC3(O)CCN(C(=O)CC(C4CC4)C4CC4)CC3)cnc2c1-c1ccc(CN)cc1. The maximum absolute atomic E-state index is 13.3. The first-order valence-electron chi connectivity index (χ1n) is 13.6. The second-order valence-corrected chi connectivity index (χ2v) is 11.4. The number of nitrogens with two attached hydrogens (primary N) is 1. The summed E-state index contributed by atoms with van der Waals surface area (Å²) in [4.78, 5) is 32.8. The summed E-state index contributed by atoms with van der Waals surface area (Å²) in [5.74, 6) is 2.30. The lowest BCUT2D eigenvalue weighted by Crippen LogP contribution is -2.50. The van der Waals surface area contributed by atoms with Gasteiger partial charge in [-0.1, -0.05) is 24.3 Å². The van der Waals surface area contributed by atoms with Crippen LogP contribution < -0.4 is 11.3 Å². The first-order valence-corrected chi connectivity index (χ1v) is 13.6. The summed E-state index contributed by atoms with van der Waals surface area (Å²) in [7, 11) is 1.80. The van der Waals surface area contributed by atoms with E-state index in [4.69, 9.17) is 5.73 Å². The first kappa shape index (κ1) is 24.3. The van der Waals surface area contributed by atoms with Crippen LogP contribution in [-0.4, -0.2) is 53.9 Å². The van der Waals surface area contributed by atoms with Gasteiger partial charge in [-0.15, -0.1) is 0 Å². The number of aryl methyl sites for hydroxylation is 1. The zero-order chi connectivity index (χ0) is 25.7. The summed E-state index contributed by atoms with van der Waals surface area (Å²) in [6.45, 7) is 1.65. The maximum Gasteiger partial charge on any atom is 0.281 e. The van der Waals surface area contributed by atoms with Crippen LogP contribution >= 0.6 is 0 Å². The van der Waals surface area contributed by atoms with Crippen molar-refractivity contribution in [3.63, 3.8) is 0 Å². The summed E-state index contributed by atoms with van der Waals surface area (Å²) in [6, 6.07) is 7.84. The second-order valence-electron chi connectivity index (χ2n) is 11.4. The highest BCUT2D eigenvalue weighted by molar-refractivity contribution is 5.89. The lowest BCUT2D eigenvalue weighted by Gasteiger charge is -2.38. The van der Waals surface area contributed by atoms with Gasteiger partial charge in [0.1, 0.15) is 5.52 Å². The molecule has 3 N–H and O–H groups in total. The molecule has 0 unspecified atom stereocenters. The molecule has 6 rings (SSSR count). The third-order valence-electron chi connectivity index (χ3n) is 8.65. The zero-order valence-electron chi connectivity index (χ0n) is 21.5. The number of hydrogen-bond acceptors (Lipinski definition) is 6. The van der Waals surface area contributed by atoms with Gasteiger partial charge in [0, 0.05) is 38.7 Å². The third-order valence-corrected chi connectivity index (χ3v) is 8.65. The summed E-state index contributed by atoms with van der Waals surface area (Å²) in [5, 5.41) is 15.8. The van der Waals surface area contributed by atoms with E-state index in [9.17, 15) is 14.7 Å². The molecule has 0 radical (unpaired) electrons. The largest absolute Gasteiger partial charge is 0.388 e. The van der Waals surface area contributed by atoms with Crippen molar-refractivity contribution in [3.8, 4) is 11.3 Å². The molecular weight excluding hydrogens is 468 g/mol. The Kier molecular flexibility index (Phi) is 6.15. The first-order chi connectivity index (χ1) is 17.8. The van der Waals surface area contributed by atoms with E-state index in [0.717, 1.165) is 28.7 Å². The molecule has 2 saturated carbocycles. The van der Waals surface area contributed by atoms with Crippen LogP contribution in [0.2, 0.25) is 0 Å². The quantitative estimate of drug-likeness (QED) is 0.486. The number of carbonyl (C=O) groups is 1. The Balaban J connectivity index is 1.15. The molecule has 196 valence electrons. The molecule has 9 heteroatoms. The van der Waals surface area contributed by atoms with Crippen LogP contribution in [-0.2, 0) is 24.9 Å². The monoisotopic (exact) mass is 504 g/mol. The predicted molar refractivity (Wildman–Crippen MR) is 140 cm³/mol. The molecule has 2 aliphatic carbocycles. The van der Waals surface area contributed by atoms with Crippen LogP contribution in [0.25, 0.3) is 22.3 Å². The molecular formula is C28H36N6O3.